The molecule has 0 aromatic heterocycles. The maximum Gasteiger partial charge on any atom is 0.151 e. The molecule has 0 aromatic rings. The van der Waals surface area contributed by atoms with Crippen LogP contribution in [0.4, 0.5) is 0 Å². The van der Waals surface area contributed by atoms with Gasteiger partial charge < -0.3 is 5.32 Å². The first-order chi connectivity index (χ1) is 9.64. The average Bonchev–Trinajstić information content (AvgIpc) is 3.08. The minimum atomic E-state index is -2.79. The van der Waals surface area contributed by atoms with Crippen molar-refractivity contribution in [1.82, 2.24) is 5.32 Å². The number of sulfone groups is 1. The van der Waals surface area contributed by atoms with Gasteiger partial charge in [-0.15, -0.1) is 0 Å². The maximum atomic E-state index is 11.8. The molecule has 2 aliphatic carbocycles. The first kappa shape index (κ1) is 14.8. The lowest BCUT2D eigenvalue weighted by Crippen LogP contribution is -2.50. The molecule has 3 rings (SSSR count). The molecule has 3 fully saturated rings. The molecule has 0 amide bonds. The van der Waals surface area contributed by atoms with Crippen LogP contribution in [0.3, 0.4) is 0 Å². The van der Waals surface area contributed by atoms with Gasteiger partial charge in [0.05, 0.1) is 11.5 Å². The highest BCUT2D eigenvalue weighted by Gasteiger charge is 2.36. The second kappa shape index (κ2) is 6.35. The van der Waals surface area contributed by atoms with E-state index in [1.165, 1.54) is 51.4 Å². The predicted molar refractivity (Wildman–Crippen MR) is 82.5 cm³/mol. The lowest BCUT2D eigenvalue weighted by Gasteiger charge is -2.35. The Morgan fingerprint density at radius 1 is 0.800 bits per heavy atom. The van der Waals surface area contributed by atoms with E-state index in [4.69, 9.17) is 0 Å². The summed E-state index contributed by atoms with van der Waals surface area (Å²) in [6.07, 6.45) is 12.8. The molecule has 0 aromatic carbocycles. The zero-order valence-electron chi connectivity index (χ0n) is 12.5. The van der Waals surface area contributed by atoms with Gasteiger partial charge in [-0.3, -0.25) is 0 Å². The van der Waals surface area contributed by atoms with Crippen molar-refractivity contribution < 1.29 is 8.42 Å². The summed E-state index contributed by atoms with van der Waals surface area (Å²) in [6.45, 7) is 0. The van der Waals surface area contributed by atoms with E-state index >= 15 is 0 Å². The van der Waals surface area contributed by atoms with Crippen LogP contribution in [0.5, 0.6) is 0 Å². The van der Waals surface area contributed by atoms with Crippen LogP contribution in [-0.2, 0) is 9.84 Å². The van der Waals surface area contributed by atoms with Crippen LogP contribution in [0.15, 0.2) is 0 Å². The van der Waals surface area contributed by atoms with E-state index in [1.54, 1.807) is 0 Å². The summed E-state index contributed by atoms with van der Waals surface area (Å²) in [5.74, 6) is 2.40. The molecular formula is C16H29NO2S. The largest absolute Gasteiger partial charge is 0.310 e. The molecule has 116 valence electrons. The highest BCUT2D eigenvalue weighted by molar-refractivity contribution is 7.91. The lowest BCUT2D eigenvalue weighted by molar-refractivity contribution is 0.237. The second-order valence-corrected chi connectivity index (χ2v) is 9.46. The molecule has 1 aliphatic heterocycles. The van der Waals surface area contributed by atoms with Gasteiger partial charge in [-0.2, -0.15) is 0 Å². The fourth-order valence-electron chi connectivity index (χ4n) is 4.72. The number of rotatable bonds is 4. The third-order valence-electron chi connectivity index (χ3n) is 5.71. The Kier molecular flexibility index (Phi) is 4.71. The SMILES string of the molecule is O=S1(=O)CCC[C@@H](NC(C2CCCC2)C2CCCC2)C1. The van der Waals surface area contributed by atoms with E-state index < -0.39 is 9.84 Å². The summed E-state index contributed by atoms with van der Waals surface area (Å²) in [7, 11) is -2.79. The summed E-state index contributed by atoms with van der Waals surface area (Å²) >= 11 is 0. The summed E-state index contributed by atoms with van der Waals surface area (Å²) < 4.78 is 23.7. The normalized spacial score (nSPS) is 32.1. The minimum absolute atomic E-state index is 0.222. The van der Waals surface area contributed by atoms with Gasteiger partial charge >= 0.3 is 0 Å². The van der Waals surface area contributed by atoms with Crippen LogP contribution in [-0.4, -0.2) is 32.0 Å². The standard InChI is InChI=1S/C16H29NO2S/c18-20(19)11-5-10-15(12-20)17-16(13-6-1-2-7-13)14-8-3-4-9-14/h13-17H,1-12H2/t15-/m1/s1. The Balaban J connectivity index is 1.65. The Morgan fingerprint density at radius 3 is 1.85 bits per heavy atom. The molecule has 1 heterocycles. The highest BCUT2D eigenvalue weighted by Crippen LogP contribution is 2.37. The van der Waals surface area contributed by atoms with Gasteiger partial charge in [0, 0.05) is 12.1 Å². The van der Waals surface area contributed by atoms with Crippen molar-refractivity contribution in [2.24, 2.45) is 11.8 Å². The highest BCUT2D eigenvalue weighted by atomic mass is 32.2. The van der Waals surface area contributed by atoms with Gasteiger partial charge in [0.2, 0.25) is 0 Å². The van der Waals surface area contributed by atoms with Crippen molar-refractivity contribution in [3.8, 4) is 0 Å². The summed E-state index contributed by atoms with van der Waals surface area (Å²) in [5, 5.41) is 3.82. The smallest absolute Gasteiger partial charge is 0.151 e. The molecule has 1 N–H and O–H groups in total. The predicted octanol–water partition coefficient (Wildman–Crippen LogP) is 2.90. The zero-order valence-corrected chi connectivity index (χ0v) is 13.3. The summed E-state index contributed by atoms with van der Waals surface area (Å²) in [5.41, 5.74) is 0. The Bertz CT molecular complexity index is 392. The fraction of sp³-hybridized carbons (Fsp3) is 1.00. The van der Waals surface area contributed by atoms with Crippen LogP contribution in [0.25, 0.3) is 0 Å². The molecular weight excluding hydrogens is 270 g/mol. The van der Waals surface area contributed by atoms with Crippen LogP contribution in [0.2, 0.25) is 0 Å². The van der Waals surface area contributed by atoms with Crippen molar-refractivity contribution in [3.63, 3.8) is 0 Å². The van der Waals surface area contributed by atoms with Crippen molar-refractivity contribution in [2.45, 2.75) is 76.3 Å². The van der Waals surface area contributed by atoms with Crippen LogP contribution in [0.1, 0.15) is 64.2 Å². The molecule has 0 spiro atoms. The molecule has 3 nitrogen and oxygen atoms in total. The van der Waals surface area contributed by atoms with Gasteiger partial charge in [-0.25, -0.2) is 8.42 Å². The number of hydrogen-bond donors (Lipinski definition) is 1. The van der Waals surface area contributed by atoms with E-state index in [0.717, 1.165) is 24.7 Å². The molecule has 1 atom stereocenters. The van der Waals surface area contributed by atoms with E-state index in [0.29, 0.717) is 17.5 Å². The molecule has 4 heteroatoms. The van der Waals surface area contributed by atoms with E-state index in [2.05, 4.69) is 5.32 Å². The fourth-order valence-corrected chi connectivity index (χ4v) is 6.37. The van der Waals surface area contributed by atoms with Crippen LogP contribution >= 0.6 is 0 Å². The van der Waals surface area contributed by atoms with Crippen LogP contribution < -0.4 is 5.32 Å². The van der Waals surface area contributed by atoms with Crippen molar-refractivity contribution in [1.29, 1.82) is 0 Å². The molecule has 0 bridgehead atoms. The van der Waals surface area contributed by atoms with Gasteiger partial charge in [0.1, 0.15) is 0 Å². The first-order valence-corrected chi connectivity index (χ1v) is 10.4. The van der Waals surface area contributed by atoms with Crippen molar-refractivity contribution in [2.75, 3.05) is 11.5 Å². The van der Waals surface area contributed by atoms with Crippen LogP contribution in [0, 0.1) is 11.8 Å². The monoisotopic (exact) mass is 299 g/mol. The third-order valence-corrected chi connectivity index (χ3v) is 7.53. The van der Waals surface area contributed by atoms with E-state index in [1.807, 2.05) is 0 Å². The zero-order chi connectivity index (χ0) is 14.0. The number of hydrogen-bond acceptors (Lipinski definition) is 3. The molecule has 2 saturated carbocycles. The van der Waals surface area contributed by atoms with E-state index in [9.17, 15) is 8.42 Å². The van der Waals surface area contributed by atoms with E-state index in [-0.39, 0.29) is 6.04 Å². The molecule has 1 saturated heterocycles. The molecule has 0 radical (unpaired) electrons. The molecule has 3 aliphatic rings. The average molecular weight is 299 g/mol. The summed E-state index contributed by atoms with van der Waals surface area (Å²) in [6, 6.07) is 0.818. The Morgan fingerprint density at radius 2 is 1.35 bits per heavy atom. The topological polar surface area (TPSA) is 46.2 Å². The molecule has 20 heavy (non-hydrogen) atoms. The minimum Gasteiger partial charge on any atom is -0.310 e. The van der Waals surface area contributed by atoms with Gasteiger partial charge in [0.25, 0.3) is 0 Å². The van der Waals surface area contributed by atoms with Crippen molar-refractivity contribution in [3.05, 3.63) is 0 Å². The van der Waals surface area contributed by atoms with Gasteiger partial charge in [-0.05, 0) is 50.4 Å². The third kappa shape index (κ3) is 3.56. The Labute approximate surface area is 123 Å². The maximum absolute atomic E-state index is 11.8. The van der Waals surface area contributed by atoms with Gasteiger partial charge in [-0.1, -0.05) is 25.7 Å². The number of nitrogens with one attached hydrogen (secondary N) is 1. The second-order valence-electron chi connectivity index (χ2n) is 7.24. The summed E-state index contributed by atoms with van der Waals surface area (Å²) in [4.78, 5) is 0. The van der Waals surface area contributed by atoms with Gasteiger partial charge in [0.15, 0.2) is 9.84 Å². The Hall–Kier alpha value is -0.0900. The molecule has 0 unspecified atom stereocenters. The quantitative estimate of drug-likeness (QED) is 0.868. The van der Waals surface area contributed by atoms with Crippen molar-refractivity contribution >= 4 is 9.84 Å². The lowest BCUT2D eigenvalue weighted by atomic mass is 9.85. The first-order valence-electron chi connectivity index (χ1n) is 8.60.